The molecule has 2 N–H and O–H groups in total. The molecule has 1 unspecified atom stereocenters. The molecule has 1 aliphatic heterocycles. The maximum Gasteiger partial charge on any atom is 0.328 e. The topological polar surface area (TPSA) is 132 Å². The molecule has 0 spiro atoms. The average molecular weight is 533 g/mol. The molecule has 1 amide bonds. The molecule has 4 rings (SSSR count). The van der Waals surface area contributed by atoms with E-state index < -0.39 is 18.0 Å². The number of carbonyl (C=O) groups is 3. The van der Waals surface area contributed by atoms with Crippen LogP contribution in [0.2, 0.25) is 0 Å². The summed E-state index contributed by atoms with van der Waals surface area (Å²) >= 11 is 0. The van der Waals surface area contributed by atoms with Gasteiger partial charge in [0, 0.05) is 54.5 Å². The fourth-order valence-corrected chi connectivity index (χ4v) is 4.40. The van der Waals surface area contributed by atoms with E-state index in [1.54, 1.807) is 0 Å². The summed E-state index contributed by atoms with van der Waals surface area (Å²) in [7, 11) is 2.49. The van der Waals surface area contributed by atoms with Crippen LogP contribution < -0.4 is 16.0 Å². The Morgan fingerprint density at radius 1 is 1.05 bits per heavy atom. The summed E-state index contributed by atoms with van der Waals surface area (Å²) in [6.45, 7) is 5.04. The second-order valence-corrected chi connectivity index (χ2v) is 9.06. The third-order valence-corrected chi connectivity index (χ3v) is 6.39. The number of carbonyl (C=O) groups excluding carboxylic acids is 3. The lowest BCUT2D eigenvalue weighted by molar-refractivity contribution is -0.146. The molecule has 1 heterocycles. The molecule has 10 heteroatoms. The molecule has 1 aliphatic carbocycles. The zero-order chi connectivity index (χ0) is 27.9. The van der Waals surface area contributed by atoms with Crippen LogP contribution in [0.4, 0.5) is 5.69 Å². The van der Waals surface area contributed by atoms with Gasteiger partial charge in [-0.1, -0.05) is 24.3 Å². The zero-order valence-corrected chi connectivity index (χ0v) is 22.5. The number of amides is 1. The number of anilines is 1. The predicted octanol–water partition coefficient (Wildman–Crippen LogP) is 3.73. The van der Waals surface area contributed by atoms with Crippen LogP contribution in [0.3, 0.4) is 0 Å². The van der Waals surface area contributed by atoms with E-state index in [1.165, 1.54) is 14.2 Å². The van der Waals surface area contributed by atoms with E-state index in [1.807, 2.05) is 56.3 Å². The first-order valence-corrected chi connectivity index (χ1v) is 12.8. The summed E-state index contributed by atoms with van der Waals surface area (Å²) in [5, 5.41) is 8.42. The van der Waals surface area contributed by atoms with E-state index in [9.17, 15) is 14.4 Å². The average Bonchev–Trinajstić information content (AvgIpc) is 2.94. The number of ether oxygens (including phenoxy) is 2. The van der Waals surface area contributed by atoms with Gasteiger partial charge in [0.15, 0.2) is 11.3 Å². The number of nitrogens with one attached hydrogen (secondary N) is 2. The molecule has 204 valence electrons. The fraction of sp³-hybridized carbons (Fsp3) is 0.345. The van der Waals surface area contributed by atoms with E-state index in [4.69, 9.17) is 14.1 Å². The maximum atomic E-state index is 12.6. The lowest BCUT2D eigenvalue weighted by atomic mass is 10.0. The predicted molar refractivity (Wildman–Crippen MR) is 147 cm³/mol. The van der Waals surface area contributed by atoms with Crippen molar-refractivity contribution < 1.29 is 28.3 Å². The van der Waals surface area contributed by atoms with E-state index in [2.05, 4.69) is 20.4 Å². The van der Waals surface area contributed by atoms with Crippen LogP contribution in [0.15, 0.2) is 51.9 Å². The van der Waals surface area contributed by atoms with E-state index in [0.29, 0.717) is 16.7 Å². The van der Waals surface area contributed by atoms with Gasteiger partial charge in [0.05, 0.1) is 19.6 Å². The van der Waals surface area contributed by atoms with E-state index in [0.717, 1.165) is 39.8 Å². The monoisotopic (exact) mass is 532 g/mol. The lowest BCUT2D eigenvalue weighted by Crippen LogP contribution is -2.42. The van der Waals surface area contributed by atoms with E-state index >= 15 is 0 Å². The Morgan fingerprint density at radius 2 is 1.82 bits per heavy atom. The van der Waals surface area contributed by atoms with Gasteiger partial charge in [-0.2, -0.15) is 0 Å². The lowest BCUT2D eigenvalue weighted by Gasteiger charge is -2.15. The van der Waals surface area contributed by atoms with Crippen molar-refractivity contribution in [3.05, 3.63) is 53.4 Å². The number of benzene rings is 3. The molecule has 2 aromatic rings. The number of hydrogen-bond acceptors (Lipinski definition) is 9. The Bertz CT molecular complexity index is 1560. The first kappa shape index (κ1) is 27.6. The van der Waals surface area contributed by atoms with Crippen molar-refractivity contribution in [3.8, 4) is 11.5 Å². The van der Waals surface area contributed by atoms with Gasteiger partial charge >= 0.3 is 11.9 Å². The van der Waals surface area contributed by atoms with Crippen LogP contribution in [0, 0.1) is 6.92 Å². The first-order valence-electron chi connectivity index (χ1n) is 12.8. The van der Waals surface area contributed by atoms with Gasteiger partial charge in [0.25, 0.3) is 0 Å². The second-order valence-electron chi connectivity index (χ2n) is 9.06. The second kappa shape index (κ2) is 12.4. The molecular formula is C29H32N4O6. The summed E-state index contributed by atoms with van der Waals surface area (Å²) in [5.74, 6) is -0.896. The molecule has 0 fully saturated rings. The normalized spacial score (nSPS) is 12.5. The summed E-state index contributed by atoms with van der Waals surface area (Å²) in [4.78, 5) is 45.7. The Morgan fingerprint density at radius 3 is 2.54 bits per heavy atom. The van der Waals surface area contributed by atoms with Crippen LogP contribution in [0.5, 0.6) is 0 Å². The molecule has 2 aliphatic rings. The summed E-state index contributed by atoms with van der Waals surface area (Å²) < 4.78 is 15.6. The number of aromatic nitrogens is 1. The minimum atomic E-state index is -0.947. The van der Waals surface area contributed by atoms with Crippen molar-refractivity contribution in [3.63, 3.8) is 0 Å². The van der Waals surface area contributed by atoms with Gasteiger partial charge in [0.2, 0.25) is 5.91 Å². The van der Waals surface area contributed by atoms with Gasteiger partial charge in [0.1, 0.15) is 17.3 Å². The van der Waals surface area contributed by atoms with Crippen molar-refractivity contribution in [1.82, 2.24) is 10.3 Å². The molecule has 0 radical (unpaired) electrons. The largest absolute Gasteiger partial charge is 0.469 e. The van der Waals surface area contributed by atoms with Crippen LogP contribution in [0.1, 0.15) is 31.7 Å². The van der Waals surface area contributed by atoms with Gasteiger partial charge in [-0.25, -0.2) is 9.78 Å². The molecule has 1 atom stereocenters. The highest BCUT2D eigenvalue weighted by molar-refractivity contribution is 5.96. The number of hydrogen-bond donors (Lipinski definition) is 2. The summed E-state index contributed by atoms with van der Waals surface area (Å²) in [6, 6.07) is 12.6. The smallest absolute Gasteiger partial charge is 0.328 e. The van der Waals surface area contributed by atoms with Gasteiger partial charge in [-0.3, -0.25) is 14.6 Å². The van der Waals surface area contributed by atoms with Gasteiger partial charge < -0.3 is 24.5 Å². The molecule has 2 aromatic carbocycles. The van der Waals surface area contributed by atoms with Gasteiger partial charge in [-0.05, 0) is 31.9 Å². The maximum absolute atomic E-state index is 12.6. The minimum absolute atomic E-state index is 0.0220. The third-order valence-electron chi connectivity index (χ3n) is 6.39. The number of fused-ring (bicyclic) bond motifs is 4. The van der Waals surface area contributed by atoms with Crippen molar-refractivity contribution >= 4 is 45.4 Å². The Hall–Kier alpha value is -4.47. The Kier molecular flexibility index (Phi) is 8.75. The summed E-state index contributed by atoms with van der Waals surface area (Å²) in [6.07, 6.45) is 0.0946. The quantitative estimate of drug-likeness (QED) is 0.179. The fourth-order valence-electron chi connectivity index (χ4n) is 4.40. The Balaban J connectivity index is 1.61. The zero-order valence-electron chi connectivity index (χ0n) is 22.5. The molecule has 0 bridgehead atoms. The third kappa shape index (κ3) is 6.34. The summed E-state index contributed by atoms with van der Waals surface area (Å²) in [5.41, 5.74) is 4.23. The molecular weight excluding hydrogens is 500 g/mol. The molecule has 0 saturated carbocycles. The van der Waals surface area contributed by atoms with Crippen molar-refractivity contribution in [1.29, 1.82) is 0 Å². The number of methoxy groups -OCH3 is 2. The number of esters is 2. The number of nitrogens with zero attached hydrogens (tertiary/aromatic N) is 2. The van der Waals surface area contributed by atoms with Crippen LogP contribution >= 0.6 is 0 Å². The number of aryl methyl sites for hydroxylation is 1. The van der Waals surface area contributed by atoms with Crippen molar-refractivity contribution in [2.24, 2.45) is 4.99 Å². The molecule has 0 aromatic heterocycles. The highest BCUT2D eigenvalue weighted by atomic mass is 16.5. The van der Waals surface area contributed by atoms with Crippen LogP contribution in [0.25, 0.3) is 33.3 Å². The SMILES string of the molecule is CCNc1cc2oc3cc(=NCCC(=O)NC(CCC(=O)OC)C(=O)OC)c4ccccc4c-3nc2cc1C. The highest BCUT2D eigenvalue weighted by Crippen LogP contribution is 2.32. The van der Waals surface area contributed by atoms with Crippen molar-refractivity contribution in [2.45, 2.75) is 39.2 Å². The highest BCUT2D eigenvalue weighted by Gasteiger charge is 2.22. The molecule has 10 nitrogen and oxygen atoms in total. The molecule has 0 saturated heterocycles. The van der Waals surface area contributed by atoms with E-state index in [-0.39, 0.29) is 31.7 Å². The standard InChI is InChI=1S/C29H32N4O6/c1-5-30-21-15-24-23(14-17(21)2)33-28-19-9-7-6-8-18(19)22(16-25(28)39-24)31-13-12-26(34)32-20(29(36)38-4)10-11-27(35)37-3/h6-9,14-16,20,30H,5,10-13H2,1-4H3,(H,32,34). The molecule has 39 heavy (non-hydrogen) atoms. The Labute approximate surface area is 225 Å². The van der Waals surface area contributed by atoms with Crippen LogP contribution in [-0.2, 0) is 23.9 Å². The number of rotatable bonds is 10. The van der Waals surface area contributed by atoms with Crippen molar-refractivity contribution in [2.75, 3.05) is 32.6 Å². The first-order chi connectivity index (χ1) is 18.8. The van der Waals surface area contributed by atoms with Gasteiger partial charge in [-0.15, -0.1) is 0 Å². The minimum Gasteiger partial charge on any atom is -0.469 e. The van der Waals surface area contributed by atoms with Crippen LogP contribution in [-0.4, -0.2) is 56.2 Å².